The summed E-state index contributed by atoms with van der Waals surface area (Å²) in [7, 11) is 1.02. The Kier molecular flexibility index (Phi) is 5.89. The van der Waals surface area contributed by atoms with Crippen molar-refractivity contribution in [3.05, 3.63) is 34.9 Å². The SMILES string of the molecule is CN(C)P(=O)(O)N(C)Cc1ccc(C#N)c(C(=O)C(C)(C)C)c1. The quantitative estimate of drug-likeness (QED) is 0.657. The Labute approximate surface area is 137 Å². The highest BCUT2D eigenvalue weighted by atomic mass is 31.2. The number of nitrogens with zero attached hydrogens (tertiary/aromatic N) is 3. The van der Waals surface area contributed by atoms with Crippen LogP contribution in [-0.4, -0.2) is 41.2 Å². The third-order valence-corrected chi connectivity index (χ3v) is 5.58. The molecule has 1 N–H and O–H groups in total. The minimum atomic E-state index is -3.59. The number of ketones is 1. The van der Waals surface area contributed by atoms with Crippen molar-refractivity contribution >= 4 is 13.5 Å². The first-order valence-corrected chi connectivity index (χ1v) is 8.77. The molecular formula is C16H24N3O3P. The molecule has 0 aliphatic heterocycles. The molecule has 1 atom stereocenters. The fourth-order valence-corrected chi connectivity index (χ4v) is 3.00. The molecule has 126 valence electrons. The third kappa shape index (κ3) is 4.49. The van der Waals surface area contributed by atoms with Crippen molar-refractivity contribution in [1.82, 2.24) is 9.34 Å². The molecule has 0 aromatic heterocycles. The Morgan fingerprint density at radius 3 is 2.30 bits per heavy atom. The first kappa shape index (κ1) is 19.5. The Bertz CT molecular complexity index is 687. The molecule has 0 saturated carbocycles. The molecule has 0 amide bonds. The lowest BCUT2D eigenvalue weighted by Crippen LogP contribution is -2.24. The van der Waals surface area contributed by atoms with Gasteiger partial charge in [0.05, 0.1) is 11.6 Å². The second kappa shape index (κ2) is 6.94. The maximum Gasteiger partial charge on any atom is 0.343 e. The molecule has 1 aromatic rings. The molecule has 7 heteroatoms. The van der Waals surface area contributed by atoms with Gasteiger partial charge in [0.15, 0.2) is 5.78 Å². The molecule has 1 unspecified atom stereocenters. The summed E-state index contributed by atoms with van der Waals surface area (Å²) in [5.41, 5.74) is 0.765. The van der Waals surface area contributed by atoms with Crippen molar-refractivity contribution in [3.63, 3.8) is 0 Å². The first-order chi connectivity index (χ1) is 10.4. The van der Waals surface area contributed by atoms with Crippen LogP contribution < -0.4 is 0 Å². The lowest BCUT2D eigenvalue weighted by molar-refractivity contribution is 0.0858. The predicted octanol–water partition coefficient (Wildman–Crippen LogP) is 2.88. The van der Waals surface area contributed by atoms with Crippen LogP contribution in [0.25, 0.3) is 0 Å². The second-order valence-corrected chi connectivity index (χ2v) is 9.26. The van der Waals surface area contributed by atoms with Gasteiger partial charge in [-0.05, 0) is 38.8 Å². The van der Waals surface area contributed by atoms with Gasteiger partial charge in [0.25, 0.3) is 0 Å². The zero-order chi connectivity index (χ0) is 18.0. The van der Waals surface area contributed by atoms with E-state index in [1.807, 2.05) is 6.07 Å². The average Bonchev–Trinajstić information content (AvgIpc) is 2.45. The van der Waals surface area contributed by atoms with Crippen LogP contribution in [-0.2, 0) is 11.1 Å². The molecule has 0 bridgehead atoms. The Morgan fingerprint density at radius 1 is 1.30 bits per heavy atom. The number of Topliss-reactive ketones (excluding diaryl/α,β-unsaturated/α-hetero) is 1. The molecule has 0 aliphatic rings. The van der Waals surface area contributed by atoms with Gasteiger partial charge in [-0.25, -0.2) is 9.34 Å². The number of benzene rings is 1. The van der Waals surface area contributed by atoms with Gasteiger partial charge < -0.3 is 4.89 Å². The van der Waals surface area contributed by atoms with E-state index in [2.05, 4.69) is 0 Å². The minimum absolute atomic E-state index is 0.127. The number of carbonyl (C=O) groups excluding carboxylic acids is 1. The van der Waals surface area contributed by atoms with Crippen molar-refractivity contribution < 1.29 is 14.3 Å². The topological polar surface area (TPSA) is 84.6 Å². The molecule has 0 aliphatic carbocycles. The van der Waals surface area contributed by atoms with Gasteiger partial charge in [-0.2, -0.15) is 5.26 Å². The van der Waals surface area contributed by atoms with Crippen LogP contribution in [0.4, 0.5) is 0 Å². The van der Waals surface area contributed by atoms with E-state index in [4.69, 9.17) is 0 Å². The number of hydrogen-bond donors (Lipinski definition) is 1. The van der Waals surface area contributed by atoms with Crippen LogP contribution in [0.15, 0.2) is 18.2 Å². The van der Waals surface area contributed by atoms with Gasteiger partial charge in [0.1, 0.15) is 0 Å². The van der Waals surface area contributed by atoms with E-state index in [-0.39, 0.29) is 12.3 Å². The molecule has 0 fully saturated rings. The number of hydrogen-bond acceptors (Lipinski definition) is 3. The Morgan fingerprint density at radius 2 is 1.87 bits per heavy atom. The van der Waals surface area contributed by atoms with Crippen LogP contribution in [0.3, 0.4) is 0 Å². The third-order valence-electron chi connectivity index (χ3n) is 3.51. The molecule has 0 spiro atoms. The largest absolute Gasteiger partial charge is 0.343 e. The molecule has 1 rings (SSSR count). The number of carbonyl (C=O) groups is 1. The first-order valence-electron chi connectivity index (χ1n) is 7.21. The highest BCUT2D eigenvalue weighted by molar-refractivity contribution is 7.52. The molecular weight excluding hydrogens is 313 g/mol. The normalized spacial score (nSPS) is 14.6. The Hall–Kier alpha value is -1.51. The maximum atomic E-state index is 12.5. The maximum absolute atomic E-state index is 12.5. The van der Waals surface area contributed by atoms with Crippen molar-refractivity contribution in [1.29, 1.82) is 5.26 Å². The van der Waals surface area contributed by atoms with Crippen LogP contribution in [0.5, 0.6) is 0 Å². The van der Waals surface area contributed by atoms with Crippen LogP contribution in [0.1, 0.15) is 42.3 Å². The average molecular weight is 337 g/mol. The zero-order valence-electron chi connectivity index (χ0n) is 14.5. The minimum Gasteiger partial charge on any atom is -0.322 e. The van der Waals surface area contributed by atoms with E-state index in [1.54, 1.807) is 46.0 Å². The van der Waals surface area contributed by atoms with Crippen molar-refractivity contribution in [2.75, 3.05) is 21.1 Å². The summed E-state index contributed by atoms with van der Waals surface area (Å²) in [5.74, 6) is -0.127. The molecule has 6 nitrogen and oxygen atoms in total. The van der Waals surface area contributed by atoms with E-state index in [0.29, 0.717) is 16.7 Å². The Balaban J connectivity index is 3.20. The summed E-state index contributed by atoms with van der Waals surface area (Å²) >= 11 is 0. The van der Waals surface area contributed by atoms with Crippen LogP contribution in [0, 0.1) is 16.7 Å². The smallest absolute Gasteiger partial charge is 0.322 e. The molecule has 23 heavy (non-hydrogen) atoms. The van der Waals surface area contributed by atoms with Crippen LogP contribution >= 0.6 is 7.67 Å². The van der Waals surface area contributed by atoms with Crippen LogP contribution in [0.2, 0.25) is 0 Å². The predicted molar refractivity (Wildman–Crippen MR) is 89.9 cm³/mol. The summed E-state index contributed by atoms with van der Waals surface area (Å²) in [6.45, 7) is 5.58. The zero-order valence-corrected chi connectivity index (χ0v) is 15.4. The van der Waals surface area contributed by atoms with Crippen molar-refractivity contribution in [3.8, 4) is 6.07 Å². The summed E-state index contributed by atoms with van der Waals surface area (Å²) < 4.78 is 14.8. The van der Waals surface area contributed by atoms with Crippen molar-refractivity contribution in [2.45, 2.75) is 27.3 Å². The van der Waals surface area contributed by atoms with E-state index in [9.17, 15) is 19.5 Å². The van der Waals surface area contributed by atoms with Gasteiger partial charge in [-0.1, -0.05) is 26.8 Å². The van der Waals surface area contributed by atoms with Crippen molar-refractivity contribution in [2.24, 2.45) is 5.41 Å². The van der Waals surface area contributed by atoms with E-state index in [0.717, 1.165) is 0 Å². The lowest BCUT2D eigenvalue weighted by Gasteiger charge is -2.28. The highest BCUT2D eigenvalue weighted by Crippen LogP contribution is 2.46. The monoisotopic (exact) mass is 337 g/mol. The summed E-state index contributed by atoms with van der Waals surface area (Å²) in [5, 5.41) is 9.20. The van der Waals surface area contributed by atoms with Gasteiger partial charge in [0.2, 0.25) is 0 Å². The summed E-state index contributed by atoms with van der Waals surface area (Å²) in [6.07, 6.45) is 0. The molecule has 0 radical (unpaired) electrons. The second-order valence-electron chi connectivity index (χ2n) is 6.75. The number of rotatable bonds is 5. The fraction of sp³-hybridized carbons (Fsp3) is 0.500. The summed E-state index contributed by atoms with van der Waals surface area (Å²) in [6, 6.07) is 6.95. The van der Waals surface area contributed by atoms with Gasteiger partial charge in [-0.15, -0.1) is 0 Å². The number of nitriles is 1. The highest BCUT2D eigenvalue weighted by Gasteiger charge is 2.29. The standard InChI is InChI=1S/C16H24N3O3P/c1-16(2,3)15(20)14-9-12(7-8-13(14)10-17)11-19(6)23(21,22)18(4)5/h7-9H,11H2,1-6H3,(H,21,22). The summed E-state index contributed by atoms with van der Waals surface area (Å²) in [4.78, 5) is 22.5. The molecule has 0 heterocycles. The fourth-order valence-electron chi connectivity index (χ4n) is 2.04. The van der Waals surface area contributed by atoms with Gasteiger partial charge in [0, 0.05) is 17.5 Å². The van der Waals surface area contributed by atoms with E-state index in [1.165, 1.54) is 23.4 Å². The lowest BCUT2D eigenvalue weighted by atomic mass is 9.84. The molecule has 1 aromatic carbocycles. The van der Waals surface area contributed by atoms with E-state index < -0.39 is 13.1 Å². The van der Waals surface area contributed by atoms with Gasteiger partial charge in [-0.3, -0.25) is 9.36 Å². The van der Waals surface area contributed by atoms with E-state index >= 15 is 0 Å². The van der Waals surface area contributed by atoms with Gasteiger partial charge >= 0.3 is 7.67 Å². The molecule has 0 saturated heterocycles.